The van der Waals surface area contributed by atoms with Crippen molar-refractivity contribution >= 4 is 43.4 Å². The maximum Gasteiger partial charge on any atom is 0.160 e. The lowest BCUT2D eigenvalue weighted by Gasteiger charge is -2.14. The van der Waals surface area contributed by atoms with Crippen molar-refractivity contribution in [1.29, 1.82) is 0 Å². The van der Waals surface area contributed by atoms with E-state index in [1.54, 1.807) is 0 Å². The van der Waals surface area contributed by atoms with Crippen molar-refractivity contribution in [2.24, 2.45) is 0 Å². The zero-order valence-electron chi connectivity index (χ0n) is 24.8. The van der Waals surface area contributed by atoms with Crippen LogP contribution in [0, 0.1) is 0 Å². The first-order valence-corrected chi connectivity index (χ1v) is 15.4. The molecule has 3 heterocycles. The third-order valence-corrected chi connectivity index (χ3v) is 8.70. The van der Waals surface area contributed by atoms with Gasteiger partial charge >= 0.3 is 0 Å². The molecule has 0 saturated heterocycles. The van der Waals surface area contributed by atoms with Crippen LogP contribution in [0.1, 0.15) is 0 Å². The standard InChI is InChI=1S/C42H26N4/c1-3-10-27(11-4-1)36-26-37(28-12-5-2-6-13-28)46-42(45-36)32-21-19-31(20-22-32)40-34-24-23-29-17-18-30-14-9-25-43-41(30)38(29)39(34)33-15-7-8-16-35(33)44-40/h1-26H. The molecule has 0 bridgehead atoms. The van der Waals surface area contributed by atoms with Gasteiger partial charge in [-0.2, -0.15) is 0 Å². The smallest absolute Gasteiger partial charge is 0.160 e. The molecule has 0 aliphatic heterocycles. The van der Waals surface area contributed by atoms with Crippen molar-refractivity contribution in [1.82, 2.24) is 19.9 Å². The first-order chi connectivity index (χ1) is 22.8. The Bertz CT molecular complexity index is 2500. The van der Waals surface area contributed by atoms with Crippen LogP contribution in [-0.2, 0) is 0 Å². The van der Waals surface area contributed by atoms with Crippen LogP contribution >= 0.6 is 0 Å². The van der Waals surface area contributed by atoms with Gasteiger partial charge in [-0.15, -0.1) is 0 Å². The van der Waals surface area contributed by atoms with E-state index in [1.807, 2.05) is 48.7 Å². The molecule has 6 aromatic carbocycles. The third kappa shape index (κ3) is 4.39. The zero-order chi connectivity index (χ0) is 30.5. The van der Waals surface area contributed by atoms with E-state index < -0.39 is 0 Å². The monoisotopic (exact) mass is 586 g/mol. The number of pyridine rings is 2. The molecule has 0 unspecified atom stereocenters. The molecule has 214 valence electrons. The Balaban J connectivity index is 1.23. The highest BCUT2D eigenvalue weighted by Crippen LogP contribution is 2.39. The van der Waals surface area contributed by atoms with E-state index >= 15 is 0 Å². The fourth-order valence-electron chi connectivity index (χ4n) is 6.48. The topological polar surface area (TPSA) is 51.6 Å². The third-order valence-electron chi connectivity index (χ3n) is 8.70. The van der Waals surface area contributed by atoms with Crippen LogP contribution in [0.4, 0.5) is 0 Å². The predicted octanol–water partition coefficient (Wildman–Crippen LogP) is 10.5. The summed E-state index contributed by atoms with van der Waals surface area (Å²) in [6, 6.07) is 52.3. The zero-order valence-corrected chi connectivity index (χ0v) is 24.8. The van der Waals surface area contributed by atoms with Gasteiger partial charge in [0.15, 0.2) is 5.82 Å². The van der Waals surface area contributed by atoms with Gasteiger partial charge in [-0.1, -0.05) is 133 Å². The van der Waals surface area contributed by atoms with Gasteiger partial charge in [-0.3, -0.25) is 4.98 Å². The number of fused-ring (bicyclic) bond motifs is 7. The number of aromatic nitrogens is 4. The number of rotatable bonds is 4. The molecule has 0 saturated carbocycles. The van der Waals surface area contributed by atoms with E-state index in [-0.39, 0.29) is 0 Å². The van der Waals surface area contributed by atoms with E-state index in [9.17, 15) is 0 Å². The lowest BCUT2D eigenvalue weighted by atomic mass is 9.93. The van der Waals surface area contributed by atoms with Crippen LogP contribution in [0.5, 0.6) is 0 Å². The number of para-hydroxylation sites is 1. The van der Waals surface area contributed by atoms with E-state index in [1.165, 1.54) is 10.8 Å². The summed E-state index contributed by atoms with van der Waals surface area (Å²) in [5.74, 6) is 0.687. The van der Waals surface area contributed by atoms with Crippen LogP contribution in [0.15, 0.2) is 158 Å². The SMILES string of the molecule is c1ccc(-c2cc(-c3ccccc3)nc(-c3ccc(-c4nc5ccccc5c5c4ccc4ccc6cccnc6c45)cc3)n2)cc1. The molecule has 0 amide bonds. The van der Waals surface area contributed by atoms with E-state index in [0.717, 1.165) is 71.9 Å². The van der Waals surface area contributed by atoms with Crippen LogP contribution in [0.3, 0.4) is 0 Å². The fraction of sp³-hybridized carbons (Fsp3) is 0. The van der Waals surface area contributed by atoms with Crippen molar-refractivity contribution in [2.45, 2.75) is 0 Å². The Morgan fingerprint density at radius 2 is 1.02 bits per heavy atom. The van der Waals surface area contributed by atoms with E-state index in [2.05, 4.69) is 109 Å². The summed E-state index contributed by atoms with van der Waals surface area (Å²) in [5, 5.41) is 6.86. The largest absolute Gasteiger partial charge is 0.256 e. The average molecular weight is 587 g/mol. The highest BCUT2D eigenvalue weighted by molar-refractivity contribution is 6.28. The average Bonchev–Trinajstić information content (AvgIpc) is 3.14. The molecule has 3 aromatic heterocycles. The quantitative estimate of drug-likeness (QED) is 0.193. The lowest BCUT2D eigenvalue weighted by molar-refractivity contribution is 1.18. The van der Waals surface area contributed by atoms with Crippen LogP contribution in [0.2, 0.25) is 0 Å². The molecule has 0 atom stereocenters. The summed E-state index contributed by atoms with van der Waals surface area (Å²) in [7, 11) is 0. The Labute approximate surface area is 265 Å². The van der Waals surface area contributed by atoms with Gasteiger partial charge in [-0.05, 0) is 23.6 Å². The second-order valence-electron chi connectivity index (χ2n) is 11.5. The number of hydrogen-bond acceptors (Lipinski definition) is 4. The Hall–Kier alpha value is -6.26. The summed E-state index contributed by atoms with van der Waals surface area (Å²) in [5.41, 5.74) is 8.79. The van der Waals surface area contributed by atoms with Crippen LogP contribution in [-0.4, -0.2) is 19.9 Å². The second-order valence-corrected chi connectivity index (χ2v) is 11.5. The van der Waals surface area contributed by atoms with Crippen LogP contribution < -0.4 is 0 Å². The molecule has 9 rings (SSSR count). The first kappa shape index (κ1) is 26.2. The van der Waals surface area contributed by atoms with Crippen molar-refractivity contribution in [3.8, 4) is 45.2 Å². The highest BCUT2D eigenvalue weighted by Gasteiger charge is 2.16. The molecule has 0 fully saturated rings. The van der Waals surface area contributed by atoms with Gasteiger partial charge in [0.25, 0.3) is 0 Å². The van der Waals surface area contributed by atoms with Gasteiger partial charge in [0, 0.05) is 55.4 Å². The highest BCUT2D eigenvalue weighted by atomic mass is 14.9. The summed E-state index contributed by atoms with van der Waals surface area (Å²) in [6.07, 6.45) is 1.88. The van der Waals surface area contributed by atoms with Crippen molar-refractivity contribution < 1.29 is 0 Å². The Morgan fingerprint density at radius 3 is 1.76 bits per heavy atom. The molecule has 0 radical (unpaired) electrons. The summed E-state index contributed by atoms with van der Waals surface area (Å²) in [4.78, 5) is 20.1. The molecule has 9 aromatic rings. The molecule has 0 aliphatic carbocycles. The van der Waals surface area contributed by atoms with Gasteiger partial charge < -0.3 is 0 Å². The van der Waals surface area contributed by atoms with Gasteiger partial charge in [0.05, 0.1) is 28.1 Å². The van der Waals surface area contributed by atoms with Crippen molar-refractivity contribution in [3.05, 3.63) is 158 Å². The normalized spacial score (nSPS) is 11.5. The van der Waals surface area contributed by atoms with Crippen molar-refractivity contribution in [3.63, 3.8) is 0 Å². The molecule has 4 heteroatoms. The maximum absolute atomic E-state index is 5.22. The van der Waals surface area contributed by atoms with Gasteiger partial charge in [-0.25, -0.2) is 15.0 Å². The van der Waals surface area contributed by atoms with Crippen LogP contribution in [0.25, 0.3) is 88.5 Å². The molecular formula is C42H26N4. The predicted molar refractivity (Wildman–Crippen MR) is 189 cm³/mol. The minimum Gasteiger partial charge on any atom is -0.256 e. The molecule has 0 spiro atoms. The Kier molecular flexibility index (Phi) is 6.10. The minimum atomic E-state index is 0.687. The number of hydrogen-bond donors (Lipinski definition) is 0. The fourth-order valence-corrected chi connectivity index (χ4v) is 6.48. The number of benzene rings is 6. The van der Waals surface area contributed by atoms with E-state index in [0.29, 0.717) is 5.82 Å². The second kappa shape index (κ2) is 10.7. The lowest BCUT2D eigenvalue weighted by Crippen LogP contribution is -1.96. The molecular weight excluding hydrogens is 560 g/mol. The molecule has 4 nitrogen and oxygen atoms in total. The van der Waals surface area contributed by atoms with Gasteiger partial charge in [0.2, 0.25) is 0 Å². The summed E-state index contributed by atoms with van der Waals surface area (Å²) >= 11 is 0. The first-order valence-electron chi connectivity index (χ1n) is 15.4. The summed E-state index contributed by atoms with van der Waals surface area (Å²) in [6.45, 7) is 0. The molecule has 0 N–H and O–H groups in total. The molecule has 0 aliphatic rings. The number of nitrogens with zero attached hydrogens (tertiary/aromatic N) is 4. The molecule has 46 heavy (non-hydrogen) atoms. The summed E-state index contributed by atoms with van der Waals surface area (Å²) < 4.78 is 0. The van der Waals surface area contributed by atoms with E-state index in [4.69, 9.17) is 19.9 Å². The van der Waals surface area contributed by atoms with Crippen molar-refractivity contribution in [2.75, 3.05) is 0 Å². The minimum absolute atomic E-state index is 0.687. The maximum atomic E-state index is 5.22. The Morgan fingerprint density at radius 1 is 0.391 bits per heavy atom. The van der Waals surface area contributed by atoms with Gasteiger partial charge in [0.1, 0.15) is 0 Å².